The Kier molecular flexibility index (Phi) is 4.93. The number of nitrogens with zero attached hydrogens (tertiary/aromatic N) is 1. The van der Waals surface area contributed by atoms with E-state index in [0.717, 1.165) is 35.2 Å². The molecule has 3 aromatic rings. The molecule has 2 aromatic heterocycles. The monoisotopic (exact) mass is 370 g/mol. The minimum atomic E-state index is -0.0147. The van der Waals surface area contributed by atoms with Crippen LogP contribution in [0.3, 0.4) is 0 Å². The lowest BCUT2D eigenvalue weighted by Gasteiger charge is -2.11. The van der Waals surface area contributed by atoms with Crippen LogP contribution >= 0.6 is 11.3 Å². The highest BCUT2D eigenvalue weighted by atomic mass is 32.1. The van der Waals surface area contributed by atoms with Crippen molar-refractivity contribution in [2.45, 2.75) is 39.0 Å². The van der Waals surface area contributed by atoms with Crippen LogP contribution in [-0.2, 0) is 19.3 Å². The van der Waals surface area contributed by atoms with E-state index in [-0.39, 0.29) is 5.56 Å². The predicted octanol–water partition coefficient (Wildman–Crippen LogP) is 3.88. The number of aryl methyl sites for hydroxylation is 2. The first-order valence-corrected chi connectivity index (χ1v) is 9.96. The smallest absolute Gasteiger partial charge is 0.259 e. The Morgan fingerprint density at radius 3 is 2.73 bits per heavy atom. The molecule has 1 aromatic carbocycles. The number of hydrogen-bond donors (Lipinski definition) is 1. The molecule has 0 radical (unpaired) electrons. The number of thiophene rings is 1. The van der Waals surface area contributed by atoms with E-state index >= 15 is 0 Å². The number of rotatable bonds is 6. The van der Waals surface area contributed by atoms with Gasteiger partial charge in [-0.05, 0) is 50.3 Å². The van der Waals surface area contributed by atoms with E-state index in [9.17, 15) is 4.79 Å². The highest BCUT2D eigenvalue weighted by Crippen LogP contribution is 2.33. The molecule has 0 saturated carbocycles. The molecule has 1 N–H and O–H groups in total. The average molecular weight is 370 g/mol. The molecule has 0 aliphatic heterocycles. The molecule has 6 heteroatoms. The molecule has 0 bridgehead atoms. The van der Waals surface area contributed by atoms with Crippen LogP contribution in [0, 0.1) is 0 Å². The number of hydrogen-bond acceptors (Lipinski definition) is 5. The van der Waals surface area contributed by atoms with Crippen molar-refractivity contribution in [2.24, 2.45) is 0 Å². The number of fused-ring (bicyclic) bond motifs is 3. The largest absolute Gasteiger partial charge is 0.490 e. The first kappa shape index (κ1) is 17.1. The maximum Gasteiger partial charge on any atom is 0.259 e. The fourth-order valence-corrected chi connectivity index (χ4v) is 4.71. The summed E-state index contributed by atoms with van der Waals surface area (Å²) in [6.45, 7) is 2.97. The third kappa shape index (κ3) is 3.33. The molecule has 136 valence electrons. The highest BCUT2D eigenvalue weighted by molar-refractivity contribution is 7.18. The van der Waals surface area contributed by atoms with Gasteiger partial charge in [0.05, 0.1) is 18.6 Å². The molecule has 26 heavy (non-hydrogen) atoms. The van der Waals surface area contributed by atoms with Crippen LogP contribution in [0.1, 0.15) is 36.0 Å². The average Bonchev–Trinajstić information content (AvgIpc) is 3.02. The second-order valence-electron chi connectivity index (χ2n) is 6.38. The molecule has 0 unspecified atom stereocenters. The van der Waals surface area contributed by atoms with Gasteiger partial charge >= 0.3 is 0 Å². The van der Waals surface area contributed by atoms with Crippen LogP contribution in [0.25, 0.3) is 10.2 Å². The minimum Gasteiger partial charge on any atom is -0.490 e. The Morgan fingerprint density at radius 1 is 1.15 bits per heavy atom. The Morgan fingerprint density at radius 2 is 1.92 bits per heavy atom. The van der Waals surface area contributed by atoms with Gasteiger partial charge in [0.25, 0.3) is 5.56 Å². The van der Waals surface area contributed by atoms with Gasteiger partial charge in [-0.3, -0.25) is 4.79 Å². The van der Waals surface area contributed by atoms with Crippen molar-refractivity contribution < 1.29 is 9.47 Å². The number of aromatic amines is 1. The van der Waals surface area contributed by atoms with Gasteiger partial charge in [-0.25, -0.2) is 4.98 Å². The van der Waals surface area contributed by atoms with Crippen molar-refractivity contribution in [3.8, 4) is 11.5 Å². The maximum atomic E-state index is 12.6. The molecule has 0 spiro atoms. The van der Waals surface area contributed by atoms with Gasteiger partial charge in [-0.1, -0.05) is 12.1 Å². The van der Waals surface area contributed by atoms with E-state index in [1.54, 1.807) is 11.3 Å². The topological polar surface area (TPSA) is 64.2 Å². The van der Waals surface area contributed by atoms with Crippen molar-refractivity contribution in [2.75, 3.05) is 13.2 Å². The molecular formula is C20H22N2O3S. The van der Waals surface area contributed by atoms with Gasteiger partial charge in [0, 0.05) is 11.3 Å². The number of ether oxygens (including phenoxy) is 2. The summed E-state index contributed by atoms with van der Waals surface area (Å²) in [4.78, 5) is 22.4. The summed E-state index contributed by atoms with van der Waals surface area (Å²) in [6, 6.07) is 7.61. The van der Waals surface area contributed by atoms with E-state index in [2.05, 4.69) is 9.97 Å². The van der Waals surface area contributed by atoms with Gasteiger partial charge in [0.1, 0.15) is 10.7 Å². The summed E-state index contributed by atoms with van der Waals surface area (Å²) in [6.07, 6.45) is 4.98. The van der Waals surface area contributed by atoms with Gasteiger partial charge < -0.3 is 14.5 Å². The molecule has 2 heterocycles. The quantitative estimate of drug-likeness (QED) is 0.715. The lowest BCUT2D eigenvalue weighted by atomic mass is 9.97. The number of nitrogens with one attached hydrogen (secondary N) is 1. The maximum absolute atomic E-state index is 12.6. The number of benzene rings is 1. The van der Waals surface area contributed by atoms with Crippen LogP contribution in [0.4, 0.5) is 0 Å². The second kappa shape index (κ2) is 7.50. The molecule has 5 nitrogen and oxygen atoms in total. The Balaban J connectivity index is 1.51. The summed E-state index contributed by atoms with van der Waals surface area (Å²) in [5, 5.41) is 0.802. The van der Waals surface area contributed by atoms with Crippen molar-refractivity contribution >= 4 is 21.6 Å². The normalized spacial score (nSPS) is 13.6. The van der Waals surface area contributed by atoms with Crippen LogP contribution in [0.5, 0.6) is 11.5 Å². The third-order valence-corrected chi connectivity index (χ3v) is 5.81. The van der Waals surface area contributed by atoms with Crippen LogP contribution in [0.15, 0.2) is 29.1 Å². The predicted molar refractivity (Wildman–Crippen MR) is 104 cm³/mol. The molecule has 0 amide bonds. The molecule has 0 atom stereocenters. The van der Waals surface area contributed by atoms with Gasteiger partial charge in [-0.2, -0.15) is 0 Å². The van der Waals surface area contributed by atoms with E-state index in [1.807, 2.05) is 31.2 Å². The molecule has 0 saturated heterocycles. The highest BCUT2D eigenvalue weighted by Gasteiger charge is 2.19. The molecule has 4 rings (SSSR count). The Labute approximate surface area is 156 Å². The Bertz CT molecular complexity index is 977. The van der Waals surface area contributed by atoms with E-state index in [4.69, 9.17) is 9.47 Å². The number of para-hydroxylation sites is 2. The lowest BCUT2D eigenvalue weighted by molar-refractivity contribution is 0.278. The fraction of sp³-hybridized carbons (Fsp3) is 0.400. The zero-order valence-electron chi connectivity index (χ0n) is 14.8. The summed E-state index contributed by atoms with van der Waals surface area (Å²) >= 11 is 1.68. The summed E-state index contributed by atoms with van der Waals surface area (Å²) in [7, 11) is 0. The zero-order valence-corrected chi connectivity index (χ0v) is 15.7. The van der Waals surface area contributed by atoms with Crippen molar-refractivity contribution in [1.29, 1.82) is 0 Å². The van der Waals surface area contributed by atoms with Gasteiger partial charge in [-0.15, -0.1) is 11.3 Å². The summed E-state index contributed by atoms with van der Waals surface area (Å²) < 4.78 is 11.4. The van der Waals surface area contributed by atoms with Crippen LogP contribution < -0.4 is 15.0 Å². The molecule has 1 aliphatic carbocycles. The standard InChI is InChI=1S/C20H22N2O3S/c1-2-24-14-8-4-5-9-15(14)25-12-11-17-21-19(23)18-13-7-3-6-10-16(13)26-20(18)22-17/h4-5,8-9H,2-3,6-7,10-12H2,1H3,(H,21,22,23). The summed E-state index contributed by atoms with van der Waals surface area (Å²) in [5.41, 5.74) is 1.21. The summed E-state index contributed by atoms with van der Waals surface area (Å²) in [5.74, 6) is 2.12. The number of aromatic nitrogens is 2. The van der Waals surface area contributed by atoms with E-state index in [1.165, 1.54) is 16.9 Å². The molecule has 1 aliphatic rings. The van der Waals surface area contributed by atoms with Crippen LogP contribution in [-0.4, -0.2) is 23.2 Å². The first-order chi connectivity index (χ1) is 12.8. The lowest BCUT2D eigenvalue weighted by Crippen LogP contribution is -2.15. The molecular weight excluding hydrogens is 348 g/mol. The molecule has 0 fully saturated rings. The van der Waals surface area contributed by atoms with Gasteiger partial charge in [0.2, 0.25) is 0 Å². The first-order valence-electron chi connectivity index (χ1n) is 9.14. The SMILES string of the molecule is CCOc1ccccc1OCCc1nc2sc3c(c2c(=O)[nH]1)CCCC3. The number of H-pyrrole nitrogens is 1. The Hall–Kier alpha value is -2.34. The van der Waals surface area contributed by atoms with E-state index in [0.29, 0.717) is 31.2 Å². The van der Waals surface area contributed by atoms with Crippen LogP contribution in [0.2, 0.25) is 0 Å². The van der Waals surface area contributed by atoms with Crippen molar-refractivity contribution in [1.82, 2.24) is 9.97 Å². The zero-order chi connectivity index (χ0) is 17.9. The van der Waals surface area contributed by atoms with Gasteiger partial charge in [0.15, 0.2) is 11.5 Å². The second-order valence-corrected chi connectivity index (χ2v) is 7.47. The van der Waals surface area contributed by atoms with Crippen molar-refractivity contribution in [3.63, 3.8) is 0 Å². The van der Waals surface area contributed by atoms with Crippen molar-refractivity contribution in [3.05, 3.63) is 50.9 Å². The minimum absolute atomic E-state index is 0.0147. The fourth-order valence-electron chi connectivity index (χ4n) is 3.43. The third-order valence-electron chi connectivity index (χ3n) is 4.62. The van der Waals surface area contributed by atoms with E-state index < -0.39 is 0 Å².